The van der Waals surface area contributed by atoms with E-state index in [2.05, 4.69) is 6.58 Å². The molecular weight excluding hydrogens is 435 g/mol. The largest absolute Gasteiger partial charge is 0.496 e. The van der Waals surface area contributed by atoms with Crippen LogP contribution in [0, 0.1) is 23.6 Å². The third-order valence-electron chi connectivity index (χ3n) is 7.75. The first-order valence-corrected chi connectivity index (χ1v) is 11.9. The molecule has 0 heterocycles. The summed E-state index contributed by atoms with van der Waals surface area (Å²) in [7, 11) is 1.55. The summed E-state index contributed by atoms with van der Waals surface area (Å²) in [5, 5.41) is 0. The van der Waals surface area contributed by atoms with Crippen molar-refractivity contribution in [3.63, 3.8) is 0 Å². The molecule has 4 bridgehead atoms. The maximum atomic E-state index is 15.0. The van der Waals surface area contributed by atoms with E-state index < -0.39 is 17.8 Å². The summed E-state index contributed by atoms with van der Waals surface area (Å²) >= 11 is 0. The Bertz CT molecular complexity index is 1090. The first-order chi connectivity index (χ1) is 16.4. The van der Waals surface area contributed by atoms with Crippen LogP contribution in [0.3, 0.4) is 0 Å². The van der Waals surface area contributed by atoms with Gasteiger partial charge < -0.3 is 14.2 Å². The molecule has 6 heteroatoms. The highest BCUT2D eigenvalue weighted by atomic mass is 19.1. The summed E-state index contributed by atoms with van der Waals surface area (Å²) in [6, 6.07) is 8.96. The van der Waals surface area contributed by atoms with Gasteiger partial charge in [0, 0.05) is 11.6 Å². The summed E-state index contributed by atoms with van der Waals surface area (Å²) in [6.45, 7) is 3.61. The Morgan fingerprint density at radius 1 is 1.03 bits per heavy atom. The van der Waals surface area contributed by atoms with Crippen molar-refractivity contribution in [2.24, 2.45) is 17.8 Å². The van der Waals surface area contributed by atoms with Crippen molar-refractivity contribution in [3.05, 3.63) is 71.6 Å². The van der Waals surface area contributed by atoms with E-state index in [1.807, 2.05) is 0 Å². The molecule has 2 aromatic carbocycles. The fourth-order valence-electron chi connectivity index (χ4n) is 6.77. The quantitative estimate of drug-likeness (QED) is 0.292. The lowest BCUT2D eigenvalue weighted by molar-refractivity contribution is -0.00622. The molecule has 178 valence electrons. The van der Waals surface area contributed by atoms with E-state index in [0.717, 1.165) is 24.8 Å². The van der Waals surface area contributed by atoms with E-state index >= 15 is 0 Å². The van der Waals surface area contributed by atoms with Gasteiger partial charge in [-0.15, -0.1) is 0 Å². The zero-order chi connectivity index (χ0) is 23.9. The smallest absolute Gasteiger partial charge is 0.346 e. The van der Waals surface area contributed by atoms with E-state index in [1.165, 1.54) is 55.7 Å². The SMILES string of the molecule is C=CCOC(=O)c1ccc(OC(=O)c2cc(C34CC5CC(CC(C5)C3)C4)c(OC)cc2F)cc1. The highest BCUT2D eigenvalue weighted by Gasteiger charge is 2.52. The van der Waals surface area contributed by atoms with E-state index in [4.69, 9.17) is 14.2 Å². The second-order valence-corrected chi connectivity index (χ2v) is 10.0. The van der Waals surface area contributed by atoms with Gasteiger partial charge in [-0.1, -0.05) is 12.7 Å². The highest BCUT2D eigenvalue weighted by molar-refractivity contribution is 5.92. The molecular formula is C28H29FO5. The van der Waals surface area contributed by atoms with Crippen molar-refractivity contribution < 1.29 is 28.2 Å². The Kier molecular flexibility index (Phi) is 5.92. The number of hydrogen-bond acceptors (Lipinski definition) is 5. The van der Waals surface area contributed by atoms with Crippen molar-refractivity contribution in [1.82, 2.24) is 0 Å². The summed E-state index contributed by atoms with van der Waals surface area (Å²) in [5.41, 5.74) is 1.10. The Morgan fingerprint density at radius 2 is 1.65 bits per heavy atom. The van der Waals surface area contributed by atoms with E-state index in [9.17, 15) is 14.0 Å². The number of carbonyl (C=O) groups is 2. The zero-order valence-corrected chi connectivity index (χ0v) is 19.3. The molecule has 0 amide bonds. The molecule has 4 fully saturated rings. The Hall–Kier alpha value is -3.15. The molecule has 0 aromatic heterocycles. The predicted molar refractivity (Wildman–Crippen MR) is 125 cm³/mol. The summed E-state index contributed by atoms with van der Waals surface area (Å²) < 4.78 is 31.0. The molecule has 4 aliphatic rings. The van der Waals surface area contributed by atoms with Gasteiger partial charge >= 0.3 is 11.9 Å². The monoisotopic (exact) mass is 464 g/mol. The van der Waals surface area contributed by atoms with Crippen LogP contribution in [0.15, 0.2) is 49.1 Å². The minimum atomic E-state index is -0.770. The summed E-state index contributed by atoms with van der Waals surface area (Å²) in [4.78, 5) is 24.9. The molecule has 6 rings (SSSR count). The van der Waals surface area contributed by atoms with Crippen LogP contribution in [0.2, 0.25) is 0 Å². The number of carbonyl (C=O) groups excluding carboxylic acids is 2. The number of hydrogen-bond donors (Lipinski definition) is 0. The van der Waals surface area contributed by atoms with Crippen LogP contribution >= 0.6 is 0 Å². The van der Waals surface area contributed by atoms with Gasteiger partial charge in [-0.3, -0.25) is 0 Å². The average Bonchev–Trinajstić information content (AvgIpc) is 2.81. The van der Waals surface area contributed by atoms with Crippen LogP contribution in [0.4, 0.5) is 4.39 Å². The van der Waals surface area contributed by atoms with E-state index in [-0.39, 0.29) is 23.3 Å². The van der Waals surface area contributed by atoms with Crippen molar-refractivity contribution in [2.75, 3.05) is 13.7 Å². The minimum absolute atomic E-state index is 0.0593. The summed E-state index contributed by atoms with van der Waals surface area (Å²) in [5.74, 6) is 0.900. The summed E-state index contributed by atoms with van der Waals surface area (Å²) in [6.07, 6.45) is 8.55. The fraction of sp³-hybridized carbons (Fsp3) is 0.429. The lowest BCUT2D eigenvalue weighted by Gasteiger charge is -2.57. The van der Waals surface area contributed by atoms with Gasteiger partial charge in [-0.05, 0) is 92.0 Å². The number of ether oxygens (including phenoxy) is 3. The van der Waals surface area contributed by atoms with Gasteiger partial charge in [0.15, 0.2) is 0 Å². The average molecular weight is 465 g/mol. The van der Waals surface area contributed by atoms with Crippen LogP contribution in [0.25, 0.3) is 0 Å². The molecule has 0 spiro atoms. The van der Waals surface area contributed by atoms with Crippen molar-refractivity contribution in [3.8, 4) is 11.5 Å². The van der Waals surface area contributed by atoms with Crippen LogP contribution in [-0.4, -0.2) is 25.7 Å². The Morgan fingerprint density at radius 3 is 2.21 bits per heavy atom. The normalized spacial score (nSPS) is 26.7. The number of methoxy groups -OCH3 is 1. The molecule has 5 nitrogen and oxygen atoms in total. The van der Waals surface area contributed by atoms with Gasteiger partial charge in [-0.25, -0.2) is 14.0 Å². The number of rotatable bonds is 7. The van der Waals surface area contributed by atoms with Gasteiger partial charge in [-0.2, -0.15) is 0 Å². The highest BCUT2D eigenvalue weighted by Crippen LogP contribution is 2.62. The lowest BCUT2D eigenvalue weighted by Crippen LogP contribution is -2.48. The molecule has 0 aliphatic heterocycles. The molecule has 4 aliphatic carbocycles. The molecule has 34 heavy (non-hydrogen) atoms. The van der Waals surface area contributed by atoms with Gasteiger partial charge in [0.25, 0.3) is 0 Å². The Balaban J connectivity index is 1.39. The number of esters is 2. The van der Waals surface area contributed by atoms with Crippen LogP contribution in [-0.2, 0) is 10.2 Å². The minimum Gasteiger partial charge on any atom is -0.496 e. The van der Waals surface area contributed by atoms with Gasteiger partial charge in [0.2, 0.25) is 0 Å². The molecule has 4 saturated carbocycles. The predicted octanol–water partition coefficient (Wildman–Crippen LogP) is 5.86. The van der Waals surface area contributed by atoms with Crippen LogP contribution < -0.4 is 9.47 Å². The van der Waals surface area contributed by atoms with E-state index in [0.29, 0.717) is 29.1 Å². The first-order valence-electron chi connectivity index (χ1n) is 11.9. The molecule has 2 aromatic rings. The number of benzene rings is 2. The Labute approximate surface area is 198 Å². The van der Waals surface area contributed by atoms with E-state index in [1.54, 1.807) is 13.2 Å². The maximum absolute atomic E-state index is 15.0. The zero-order valence-electron chi connectivity index (χ0n) is 19.3. The standard InChI is InChI=1S/C28H29FO5/c1-3-8-33-26(30)20-4-6-21(7-5-20)34-27(31)22-12-23(25(32-2)13-24(22)29)28-14-17-9-18(15-28)11-19(10-17)16-28/h3-7,12-13,17-19H,1,8-11,14-16H2,2H3. The molecule has 0 radical (unpaired) electrons. The topological polar surface area (TPSA) is 61.8 Å². The molecule has 0 atom stereocenters. The lowest BCUT2D eigenvalue weighted by atomic mass is 9.48. The third kappa shape index (κ3) is 4.10. The van der Waals surface area contributed by atoms with Crippen LogP contribution in [0.5, 0.6) is 11.5 Å². The van der Waals surface area contributed by atoms with Gasteiger partial charge in [0.05, 0.1) is 18.2 Å². The number of halogens is 1. The van der Waals surface area contributed by atoms with Crippen LogP contribution in [0.1, 0.15) is 64.8 Å². The second-order valence-electron chi connectivity index (χ2n) is 10.0. The van der Waals surface area contributed by atoms with Crippen molar-refractivity contribution >= 4 is 11.9 Å². The first kappa shape index (κ1) is 22.6. The van der Waals surface area contributed by atoms with Gasteiger partial charge in [0.1, 0.15) is 23.9 Å². The molecule has 0 saturated heterocycles. The van der Waals surface area contributed by atoms with Crippen molar-refractivity contribution in [1.29, 1.82) is 0 Å². The fourth-order valence-corrected chi connectivity index (χ4v) is 6.77. The van der Waals surface area contributed by atoms with Crippen molar-refractivity contribution in [2.45, 2.75) is 43.9 Å². The molecule has 0 N–H and O–H groups in total. The second kappa shape index (κ2) is 8.90. The molecule has 0 unspecified atom stereocenters. The maximum Gasteiger partial charge on any atom is 0.346 e. The third-order valence-corrected chi connectivity index (χ3v) is 7.75.